The van der Waals surface area contributed by atoms with Crippen molar-refractivity contribution in [2.75, 3.05) is 13.1 Å². The quantitative estimate of drug-likeness (QED) is 0.772. The zero-order chi connectivity index (χ0) is 17.4. The van der Waals surface area contributed by atoms with Crippen molar-refractivity contribution in [2.45, 2.75) is 25.7 Å². The summed E-state index contributed by atoms with van der Waals surface area (Å²) < 4.78 is 1.92. The van der Waals surface area contributed by atoms with Gasteiger partial charge in [-0.2, -0.15) is 0 Å². The molecule has 1 fully saturated rings. The summed E-state index contributed by atoms with van der Waals surface area (Å²) in [6, 6.07) is 7.33. The van der Waals surface area contributed by atoms with E-state index < -0.39 is 0 Å². The van der Waals surface area contributed by atoms with Crippen molar-refractivity contribution < 1.29 is 4.79 Å². The average molecular weight is 337 g/mol. The van der Waals surface area contributed by atoms with Crippen LogP contribution >= 0.6 is 0 Å². The van der Waals surface area contributed by atoms with Crippen LogP contribution < -0.4 is 5.56 Å². The minimum absolute atomic E-state index is 0.0716. The first-order chi connectivity index (χ1) is 12.1. The Labute approximate surface area is 144 Å². The number of pyridine rings is 1. The summed E-state index contributed by atoms with van der Waals surface area (Å²) in [6.45, 7) is 3.24. The molecule has 1 atom stereocenters. The van der Waals surface area contributed by atoms with Gasteiger partial charge in [0.15, 0.2) is 0 Å². The Bertz CT molecular complexity index is 990. The van der Waals surface area contributed by atoms with Crippen LogP contribution in [-0.2, 0) is 0 Å². The zero-order valence-electron chi connectivity index (χ0n) is 14.0. The third kappa shape index (κ3) is 2.93. The Morgan fingerprint density at radius 3 is 3.04 bits per heavy atom. The standard InChI is InChI=1S/C18H19N5O2/c1-12-4-2-6-16-21-15(10-23(12)16)18(25)22-7-3-5-13(9-22)14-8-17(24)20-11-19-14/h2,4,6,8,10-11,13H,3,5,7,9H2,1H3,(H,19,20,24)/t13-/m1/s1. The molecule has 0 spiro atoms. The summed E-state index contributed by atoms with van der Waals surface area (Å²) in [5, 5.41) is 0. The lowest BCUT2D eigenvalue weighted by Gasteiger charge is -2.31. The summed E-state index contributed by atoms with van der Waals surface area (Å²) >= 11 is 0. The number of carbonyl (C=O) groups is 1. The molecule has 0 aromatic carbocycles. The molecule has 1 aliphatic rings. The number of piperidine rings is 1. The molecule has 3 aromatic rings. The largest absolute Gasteiger partial charge is 0.337 e. The number of imidazole rings is 1. The Balaban J connectivity index is 1.58. The number of aryl methyl sites for hydroxylation is 1. The topological polar surface area (TPSA) is 83.4 Å². The van der Waals surface area contributed by atoms with E-state index in [9.17, 15) is 9.59 Å². The first-order valence-corrected chi connectivity index (χ1v) is 8.40. The van der Waals surface area contributed by atoms with Gasteiger partial charge in [-0.25, -0.2) is 9.97 Å². The van der Waals surface area contributed by atoms with Crippen molar-refractivity contribution in [1.29, 1.82) is 0 Å². The number of H-pyrrole nitrogens is 1. The van der Waals surface area contributed by atoms with Crippen LogP contribution in [-0.4, -0.2) is 43.2 Å². The number of carbonyl (C=O) groups excluding carboxylic acids is 1. The number of nitrogens with zero attached hydrogens (tertiary/aromatic N) is 4. The van der Waals surface area contributed by atoms with Crippen LogP contribution in [0.25, 0.3) is 5.65 Å². The Morgan fingerprint density at radius 1 is 1.36 bits per heavy atom. The minimum atomic E-state index is -0.163. The number of hydrogen-bond donors (Lipinski definition) is 1. The van der Waals surface area contributed by atoms with E-state index in [1.807, 2.05) is 34.4 Å². The molecule has 4 rings (SSSR count). The van der Waals surface area contributed by atoms with Gasteiger partial charge >= 0.3 is 0 Å². The summed E-state index contributed by atoms with van der Waals surface area (Å²) in [4.78, 5) is 37.5. The van der Waals surface area contributed by atoms with E-state index >= 15 is 0 Å². The normalized spacial score (nSPS) is 17.8. The molecule has 1 N–H and O–H groups in total. The highest BCUT2D eigenvalue weighted by molar-refractivity contribution is 5.93. The second-order valence-electron chi connectivity index (χ2n) is 6.45. The number of likely N-dealkylation sites (tertiary alicyclic amines) is 1. The highest BCUT2D eigenvalue weighted by atomic mass is 16.2. The lowest BCUT2D eigenvalue weighted by Crippen LogP contribution is -2.39. The summed E-state index contributed by atoms with van der Waals surface area (Å²) in [5.74, 6) is 0.0106. The van der Waals surface area contributed by atoms with Gasteiger partial charge in [0.2, 0.25) is 0 Å². The fourth-order valence-corrected chi connectivity index (χ4v) is 3.42. The van der Waals surface area contributed by atoms with Crippen LogP contribution in [0.1, 0.15) is 40.6 Å². The lowest BCUT2D eigenvalue weighted by molar-refractivity contribution is 0.0700. The highest BCUT2D eigenvalue weighted by Gasteiger charge is 2.27. The van der Waals surface area contributed by atoms with E-state index in [0.717, 1.165) is 29.9 Å². The predicted molar refractivity (Wildman–Crippen MR) is 92.7 cm³/mol. The Morgan fingerprint density at radius 2 is 2.24 bits per heavy atom. The van der Waals surface area contributed by atoms with E-state index in [2.05, 4.69) is 15.0 Å². The minimum Gasteiger partial charge on any atom is -0.337 e. The molecule has 3 aromatic heterocycles. The SMILES string of the molecule is Cc1cccc2nc(C(=O)N3CCC[C@@H](c4cc(=O)[nH]cn4)C3)cn12. The fraction of sp³-hybridized carbons (Fsp3) is 0.333. The molecule has 1 amide bonds. The number of rotatable bonds is 2. The number of aromatic nitrogens is 4. The van der Waals surface area contributed by atoms with E-state index in [1.165, 1.54) is 12.4 Å². The van der Waals surface area contributed by atoms with Gasteiger partial charge in [0.1, 0.15) is 11.3 Å². The van der Waals surface area contributed by atoms with Crippen LogP contribution in [0.15, 0.2) is 41.6 Å². The molecule has 7 nitrogen and oxygen atoms in total. The smallest absolute Gasteiger partial charge is 0.274 e. The molecule has 1 saturated heterocycles. The summed E-state index contributed by atoms with van der Waals surface area (Å²) in [5.41, 5.74) is 2.84. The van der Waals surface area contributed by atoms with Gasteiger partial charge in [-0.3, -0.25) is 9.59 Å². The number of aromatic amines is 1. The third-order valence-corrected chi connectivity index (χ3v) is 4.74. The van der Waals surface area contributed by atoms with Gasteiger partial charge in [-0.1, -0.05) is 6.07 Å². The third-order valence-electron chi connectivity index (χ3n) is 4.74. The van der Waals surface area contributed by atoms with Crippen molar-refractivity contribution in [3.63, 3.8) is 0 Å². The van der Waals surface area contributed by atoms with Gasteiger partial charge in [-0.05, 0) is 31.9 Å². The fourth-order valence-electron chi connectivity index (χ4n) is 3.42. The molecule has 4 heterocycles. The van der Waals surface area contributed by atoms with Gasteiger partial charge in [0.25, 0.3) is 11.5 Å². The summed E-state index contributed by atoms with van der Waals surface area (Å²) in [7, 11) is 0. The molecule has 1 aliphatic heterocycles. The first kappa shape index (κ1) is 15.6. The van der Waals surface area contributed by atoms with Gasteiger partial charge in [0.05, 0.1) is 12.0 Å². The maximum Gasteiger partial charge on any atom is 0.274 e. The number of nitrogens with one attached hydrogen (secondary N) is 1. The van der Waals surface area contributed by atoms with E-state index in [-0.39, 0.29) is 17.4 Å². The Hall–Kier alpha value is -2.96. The molecule has 0 aliphatic carbocycles. The van der Waals surface area contributed by atoms with E-state index in [1.54, 1.807) is 6.20 Å². The van der Waals surface area contributed by atoms with Crippen LogP contribution in [0.2, 0.25) is 0 Å². The monoisotopic (exact) mass is 337 g/mol. The lowest BCUT2D eigenvalue weighted by atomic mass is 9.94. The van der Waals surface area contributed by atoms with Crippen LogP contribution in [0.3, 0.4) is 0 Å². The van der Waals surface area contributed by atoms with Crippen LogP contribution in [0, 0.1) is 6.92 Å². The van der Waals surface area contributed by atoms with Crippen molar-refractivity contribution in [2.24, 2.45) is 0 Å². The van der Waals surface area contributed by atoms with Gasteiger partial charge < -0.3 is 14.3 Å². The first-order valence-electron chi connectivity index (χ1n) is 8.40. The van der Waals surface area contributed by atoms with E-state index in [0.29, 0.717) is 18.8 Å². The van der Waals surface area contributed by atoms with Gasteiger partial charge in [-0.15, -0.1) is 0 Å². The molecular formula is C18H19N5O2. The van der Waals surface area contributed by atoms with Crippen molar-refractivity contribution >= 4 is 11.6 Å². The molecule has 7 heteroatoms. The summed E-state index contributed by atoms with van der Waals surface area (Å²) in [6.07, 6.45) is 5.02. The van der Waals surface area contributed by atoms with Crippen molar-refractivity contribution in [3.8, 4) is 0 Å². The number of fused-ring (bicyclic) bond motifs is 1. The highest BCUT2D eigenvalue weighted by Crippen LogP contribution is 2.25. The molecule has 0 unspecified atom stereocenters. The Kier molecular flexibility index (Phi) is 3.83. The van der Waals surface area contributed by atoms with Crippen molar-refractivity contribution in [3.05, 3.63) is 64.2 Å². The maximum absolute atomic E-state index is 12.9. The number of amides is 1. The van der Waals surface area contributed by atoms with Crippen LogP contribution in [0.4, 0.5) is 0 Å². The maximum atomic E-state index is 12.9. The van der Waals surface area contributed by atoms with E-state index in [4.69, 9.17) is 0 Å². The molecule has 128 valence electrons. The second kappa shape index (κ2) is 6.16. The average Bonchev–Trinajstić information content (AvgIpc) is 3.07. The van der Waals surface area contributed by atoms with Crippen LogP contribution in [0.5, 0.6) is 0 Å². The molecular weight excluding hydrogens is 318 g/mol. The second-order valence-corrected chi connectivity index (χ2v) is 6.45. The van der Waals surface area contributed by atoms with Crippen molar-refractivity contribution in [1.82, 2.24) is 24.3 Å². The van der Waals surface area contributed by atoms with Gasteiger partial charge in [0, 0.05) is 37.0 Å². The molecule has 0 saturated carbocycles. The zero-order valence-corrected chi connectivity index (χ0v) is 14.0. The number of hydrogen-bond acceptors (Lipinski definition) is 4. The predicted octanol–water partition coefficient (Wildman–Crippen LogP) is 1.75. The molecule has 0 bridgehead atoms. The molecule has 0 radical (unpaired) electrons. The molecule has 25 heavy (non-hydrogen) atoms.